The molecule has 0 aliphatic heterocycles. The number of anilines is 3. The Morgan fingerprint density at radius 1 is 0.232 bits per heavy atom. The Balaban J connectivity index is 0.936. The largest absolute Gasteiger partial charge is 0.310 e. The average Bonchev–Trinajstić information content (AvgIpc) is 3.74. The van der Waals surface area contributed by atoms with E-state index in [1.165, 1.54) is 94.6 Å². The molecule has 12 rings (SSSR count). The lowest BCUT2D eigenvalue weighted by Crippen LogP contribution is -2.10. The van der Waals surface area contributed by atoms with Crippen molar-refractivity contribution in [2.45, 2.75) is 12.3 Å². The molecule has 0 fully saturated rings. The van der Waals surface area contributed by atoms with E-state index in [2.05, 4.69) is 284 Å². The van der Waals surface area contributed by atoms with Gasteiger partial charge in [-0.3, -0.25) is 0 Å². The van der Waals surface area contributed by atoms with Crippen LogP contribution in [-0.4, -0.2) is 0 Å². The molecule has 11 aromatic rings. The number of hydrogen-bond acceptors (Lipinski definition) is 1. The predicted molar refractivity (Wildman–Crippen MR) is 291 cm³/mol. The smallest absolute Gasteiger partial charge is 0.0468 e. The van der Waals surface area contributed by atoms with Crippen molar-refractivity contribution in [3.8, 4) is 77.9 Å². The highest BCUT2D eigenvalue weighted by Gasteiger charge is 2.29. The number of nitrogens with zero attached hydrogens (tertiary/aromatic N) is 1. The fraction of sp³-hybridized carbons (Fsp3) is 0.0294. The fourth-order valence-electron chi connectivity index (χ4n) is 10.3. The standard InChI is InChI=1S/C68H49N/c1-5-15-48(16-6-1)45-67-63-23-13-14-24-64(63)68-46-58(37-43-65(67)68)62-44-42-61(47-66(62)57-21-11-4-12-22-57)69(59-38-33-55(34-39-59)53-29-25-51(26-30-53)49-17-7-2-8-18-49)60-40-35-56(36-41-60)54-31-27-52(28-32-54)50-19-9-3-10-20-50/h1-44,46-47,67H,45H2. The molecular weight excluding hydrogens is 831 g/mol. The summed E-state index contributed by atoms with van der Waals surface area (Å²) in [6.45, 7) is 0. The summed E-state index contributed by atoms with van der Waals surface area (Å²) in [6.07, 6.45) is 0.979. The van der Waals surface area contributed by atoms with Crippen molar-refractivity contribution >= 4 is 17.1 Å². The van der Waals surface area contributed by atoms with Gasteiger partial charge >= 0.3 is 0 Å². The van der Waals surface area contributed by atoms with Gasteiger partial charge in [-0.15, -0.1) is 0 Å². The summed E-state index contributed by atoms with van der Waals surface area (Å²) in [6, 6.07) is 102. The minimum absolute atomic E-state index is 0.317. The fourth-order valence-corrected chi connectivity index (χ4v) is 10.3. The van der Waals surface area contributed by atoms with Gasteiger partial charge in [-0.1, -0.05) is 237 Å². The highest BCUT2D eigenvalue weighted by molar-refractivity contribution is 5.92. The van der Waals surface area contributed by atoms with Gasteiger partial charge < -0.3 is 4.90 Å². The SMILES string of the molecule is c1ccc(CC2c3ccccc3-c3cc(-c4ccc(N(c5ccc(-c6ccc(-c7ccccc7)cc6)cc5)c5ccc(-c6ccc(-c7ccccc7)cc6)cc5)cc4-c4ccccc4)ccc32)cc1. The van der Waals surface area contributed by atoms with Gasteiger partial charge in [0.1, 0.15) is 0 Å². The molecule has 1 aliphatic carbocycles. The van der Waals surface area contributed by atoms with E-state index >= 15 is 0 Å². The van der Waals surface area contributed by atoms with E-state index in [4.69, 9.17) is 0 Å². The molecule has 1 unspecified atom stereocenters. The molecule has 11 aromatic carbocycles. The molecule has 1 aliphatic rings. The molecule has 0 amide bonds. The number of rotatable bonds is 11. The van der Waals surface area contributed by atoms with Gasteiger partial charge in [0.25, 0.3) is 0 Å². The highest BCUT2D eigenvalue weighted by Crippen LogP contribution is 2.49. The first-order valence-corrected chi connectivity index (χ1v) is 24.0. The minimum Gasteiger partial charge on any atom is -0.310 e. The van der Waals surface area contributed by atoms with Crippen LogP contribution in [0.2, 0.25) is 0 Å². The van der Waals surface area contributed by atoms with Crippen LogP contribution in [0.1, 0.15) is 22.6 Å². The molecule has 69 heavy (non-hydrogen) atoms. The maximum absolute atomic E-state index is 2.44. The van der Waals surface area contributed by atoms with Gasteiger partial charge in [0.05, 0.1) is 0 Å². The molecule has 0 N–H and O–H groups in total. The van der Waals surface area contributed by atoms with Gasteiger partial charge in [-0.25, -0.2) is 0 Å². The van der Waals surface area contributed by atoms with Crippen LogP contribution in [0.25, 0.3) is 77.9 Å². The summed E-state index contributed by atoms with van der Waals surface area (Å²) in [5.41, 5.74) is 24.5. The van der Waals surface area contributed by atoms with E-state index in [1.807, 2.05) is 0 Å². The minimum atomic E-state index is 0.317. The lowest BCUT2D eigenvalue weighted by atomic mass is 9.88. The van der Waals surface area contributed by atoms with Crippen molar-refractivity contribution in [3.05, 3.63) is 296 Å². The molecule has 1 heteroatoms. The molecular formula is C68H49N. The molecule has 1 atom stereocenters. The Labute approximate surface area is 405 Å². The van der Waals surface area contributed by atoms with E-state index in [1.54, 1.807) is 0 Å². The van der Waals surface area contributed by atoms with Crippen molar-refractivity contribution in [2.24, 2.45) is 0 Å². The van der Waals surface area contributed by atoms with Crippen molar-refractivity contribution in [1.29, 1.82) is 0 Å². The first-order chi connectivity index (χ1) is 34.2. The van der Waals surface area contributed by atoms with Crippen LogP contribution < -0.4 is 4.90 Å². The van der Waals surface area contributed by atoms with Crippen LogP contribution in [0.5, 0.6) is 0 Å². The maximum Gasteiger partial charge on any atom is 0.0468 e. The van der Waals surface area contributed by atoms with Crippen LogP contribution in [0, 0.1) is 0 Å². The molecule has 326 valence electrons. The van der Waals surface area contributed by atoms with Gasteiger partial charge in [-0.2, -0.15) is 0 Å². The molecule has 0 bridgehead atoms. The van der Waals surface area contributed by atoms with Crippen LogP contribution in [0.15, 0.2) is 279 Å². The lowest BCUT2D eigenvalue weighted by Gasteiger charge is -2.27. The Kier molecular flexibility index (Phi) is 11.2. The number of benzene rings is 11. The van der Waals surface area contributed by atoms with Crippen LogP contribution in [-0.2, 0) is 6.42 Å². The van der Waals surface area contributed by atoms with E-state index in [0.717, 1.165) is 23.5 Å². The molecule has 0 saturated heterocycles. The van der Waals surface area contributed by atoms with Crippen molar-refractivity contribution in [1.82, 2.24) is 0 Å². The van der Waals surface area contributed by atoms with Crippen molar-refractivity contribution in [3.63, 3.8) is 0 Å². The zero-order chi connectivity index (χ0) is 45.9. The van der Waals surface area contributed by atoms with Crippen molar-refractivity contribution in [2.75, 3.05) is 4.90 Å². The molecule has 0 spiro atoms. The third-order valence-electron chi connectivity index (χ3n) is 13.9. The summed E-state index contributed by atoms with van der Waals surface area (Å²) >= 11 is 0. The summed E-state index contributed by atoms with van der Waals surface area (Å²) < 4.78 is 0. The zero-order valence-electron chi connectivity index (χ0n) is 38.3. The lowest BCUT2D eigenvalue weighted by molar-refractivity contribution is 0.827. The second-order valence-corrected chi connectivity index (χ2v) is 18.0. The first-order valence-electron chi connectivity index (χ1n) is 24.0. The van der Waals surface area contributed by atoms with Gasteiger partial charge in [0.15, 0.2) is 0 Å². The quantitative estimate of drug-likeness (QED) is 0.125. The summed E-state index contributed by atoms with van der Waals surface area (Å²) in [5, 5.41) is 0. The Morgan fingerprint density at radius 2 is 0.609 bits per heavy atom. The number of hydrogen-bond donors (Lipinski definition) is 0. The number of fused-ring (bicyclic) bond motifs is 3. The van der Waals surface area contributed by atoms with Crippen molar-refractivity contribution < 1.29 is 0 Å². The van der Waals surface area contributed by atoms with E-state index < -0.39 is 0 Å². The van der Waals surface area contributed by atoms with Gasteiger partial charge in [0.2, 0.25) is 0 Å². The average molecular weight is 880 g/mol. The second kappa shape index (κ2) is 18.5. The van der Waals surface area contributed by atoms with E-state index in [-0.39, 0.29) is 0 Å². The maximum atomic E-state index is 2.44. The molecule has 0 radical (unpaired) electrons. The van der Waals surface area contributed by atoms with E-state index in [9.17, 15) is 0 Å². The molecule has 0 saturated carbocycles. The first kappa shape index (κ1) is 41.6. The Bertz CT molecular complexity index is 3380. The summed E-state index contributed by atoms with van der Waals surface area (Å²) in [7, 11) is 0. The topological polar surface area (TPSA) is 3.24 Å². The zero-order valence-corrected chi connectivity index (χ0v) is 38.3. The van der Waals surface area contributed by atoms with Crippen LogP contribution in [0.3, 0.4) is 0 Å². The third-order valence-corrected chi connectivity index (χ3v) is 13.9. The van der Waals surface area contributed by atoms with Gasteiger partial charge in [-0.05, 0) is 143 Å². The third kappa shape index (κ3) is 8.37. The Morgan fingerprint density at radius 3 is 1.12 bits per heavy atom. The predicted octanol–water partition coefficient (Wildman–Crippen LogP) is 18.5. The molecule has 0 aromatic heterocycles. The van der Waals surface area contributed by atoms with Gasteiger partial charge in [0, 0.05) is 23.0 Å². The molecule has 0 heterocycles. The van der Waals surface area contributed by atoms with E-state index in [0.29, 0.717) is 5.92 Å². The normalized spacial score (nSPS) is 12.6. The Hall–Kier alpha value is -8.78. The van der Waals surface area contributed by atoms with Crippen LogP contribution in [0.4, 0.5) is 17.1 Å². The highest BCUT2D eigenvalue weighted by atomic mass is 15.1. The monoisotopic (exact) mass is 879 g/mol. The van der Waals surface area contributed by atoms with Crippen LogP contribution >= 0.6 is 0 Å². The molecule has 1 nitrogen and oxygen atoms in total. The second-order valence-electron chi connectivity index (χ2n) is 18.0. The summed E-state index contributed by atoms with van der Waals surface area (Å²) in [5.74, 6) is 0.317. The summed E-state index contributed by atoms with van der Waals surface area (Å²) in [4.78, 5) is 2.40.